The van der Waals surface area contributed by atoms with Crippen molar-refractivity contribution < 1.29 is 34.4 Å². The molecule has 0 amide bonds. The van der Waals surface area contributed by atoms with Crippen molar-refractivity contribution in [3.63, 3.8) is 0 Å². The first-order chi connectivity index (χ1) is 11.4. The Morgan fingerprint density at radius 2 is 1.50 bits per heavy atom. The second-order valence-electron chi connectivity index (χ2n) is 5.32. The Balaban J connectivity index is 0.000000506. The van der Waals surface area contributed by atoms with Crippen LogP contribution in [0.3, 0.4) is 0 Å². The largest absolute Gasteiger partial charge is 0.496 e. The van der Waals surface area contributed by atoms with E-state index in [4.69, 9.17) is 24.8 Å². The van der Waals surface area contributed by atoms with E-state index in [1.807, 2.05) is 6.92 Å². The first-order valence-corrected chi connectivity index (χ1v) is 7.42. The number of rotatable bonds is 8. The zero-order valence-corrected chi connectivity index (χ0v) is 14.5. The molecule has 0 spiro atoms. The van der Waals surface area contributed by atoms with Crippen LogP contribution in [-0.4, -0.2) is 61.9 Å². The molecule has 3 N–H and O–H groups in total. The van der Waals surface area contributed by atoms with Gasteiger partial charge >= 0.3 is 0 Å². The molecule has 7 heteroatoms. The number of hydrogen-bond donors (Lipinski definition) is 3. The summed E-state index contributed by atoms with van der Waals surface area (Å²) in [4.78, 5) is 21.7. The highest BCUT2D eigenvalue weighted by atomic mass is 16.5. The molecule has 7 nitrogen and oxygen atoms in total. The molecular weight excluding hydrogens is 316 g/mol. The lowest BCUT2D eigenvalue weighted by Crippen LogP contribution is -2.32. The Labute approximate surface area is 141 Å². The summed E-state index contributed by atoms with van der Waals surface area (Å²) >= 11 is 0. The van der Waals surface area contributed by atoms with Gasteiger partial charge in [0.05, 0.1) is 45.2 Å². The van der Waals surface area contributed by atoms with Gasteiger partial charge in [-0.1, -0.05) is 6.92 Å². The molecule has 1 aromatic rings. The summed E-state index contributed by atoms with van der Waals surface area (Å²) in [6, 6.07) is 1.63. The van der Waals surface area contributed by atoms with Crippen LogP contribution in [0.15, 0.2) is 6.07 Å². The van der Waals surface area contributed by atoms with E-state index in [2.05, 4.69) is 0 Å². The molecule has 0 aliphatic rings. The summed E-state index contributed by atoms with van der Waals surface area (Å²) in [6.07, 6.45) is 1.88. The van der Waals surface area contributed by atoms with E-state index in [1.54, 1.807) is 13.0 Å². The number of aliphatic hydroxyl groups excluding tert-OH is 3. The number of aliphatic hydroxyl groups is 3. The minimum absolute atomic E-state index is 0.156. The average Bonchev–Trinajstić information content (AvgIpc) is 2.63. The van der Waals surface area contributed by atoms with Gasteiger partial charge in [-0.2, -0.15) is 0 Å². The molecule has 0 aliphatic heterocycles. The lowest BCUT2D eigenvalue weighted by molar-refractivity contribution is 0.00304. The lowest BCUT2D eigenvalue weighted by atomic mass is 9.88. The van der Waals surface area contributed by atoms with Crippen LogP contribution in [0.25, 0.3) is 0 Å². The number of carbonyl (C=O) groups excluding carboxylic acids is 2. The Hall–Kier alpha value is -1.96. The third-order valence-electron chi connectivity index (χ3n) is 3.94. The van der Waals surface area contributed by atoms with Crippen molar-refractivity contribution in [2.75, 3.05) is 34.0 Å². The Morgan fingerprint density at radius 3 is 1.75 bits per heavy atom. The van der Waals surface area contributed by atoms with Crippen molar-refractivity contribution in [2.24, 2.45) is 5.41 Å². The van der Waals surface area contributed by atoms with Gasteiger partial charge in [0.1, 0.15) is 11.5 Å². The van der Waals surface area contributed by atoms with Crippen molar-refractivity contribution in [3.05, 3.63) is 22.8 Å². The average molecular weight is 342 g/mol. The van der Waals surface area contributed by atoms with Gasteiger partial charge in [-0.15, -0.1) is 0 Å². The summed E-state index contributed by atoms with van der Waals surface area (Å²) in [6.45, 7) is 3.11. The summed E-state index contributed by atoms with van der Waals surface area (Å²) in [5.74, 6) is 0.668. The van der Waals surface area contributed by atoms with E-state index >= 15 is 0 Å². The molecule has 136 valence electrons. The van der Waals surface area contributed by atoms with Gasteiger partial charge in [-0.25, -0.2) is 0 Å². The zero-order chi connectivity index (χ0) is 18.8. The fourth-order valence-corrected chi connectivity index (χ4v) is 1.92. The molecule has 0 saturated heterocycles. The first kappa shape index (κ1) is 22.0. The molecule has 0 saturated carbocycles. The van der Waals surface area contributed by atoms with Gasteiger partial charge < -0.3 is 24.8 Å². The highest BCUT2D eigenvalue weighted by Crippen LogP contribution is 2.32. The van der Waals surface area contributed by atoms with Gasteiger partial charge in [-0.05, 0) is 25.0 Å². The zero-order valence-electron chi connectivity index (χ0n) is 14.5. The van der Waals surface area contributed by atoms with Crippen molar-refractivity contribution >= 4 is 12.6 Å². The number of carbonyl (C=O) groups is 2. The third-order valence-corrected chi connectivity index (χ3v) is 3.94. The number of ether oxygens (including phenoxy) is 2. The Morgan fingerprint density at radius 1 is 1.00 bits per heavy atom. The fraction of sp³-hybridized carbons (Fsp3) is 0.529. The molecule has 0 unspecified atom stereocenters. The smallest absolute Gasteiger partial charge is 0.157 e. The molecule has 0 atom stereocenters. The van der Waals surface area contributed by atoms with E-state index in [-0.39, 0.29) is 31.1 Å². The Kier molecular flexibility index (Phi) is 9.87. The molecule has 24 heavy (non-hydrogen) atoms. The van der Waals surface area contributed by atoms with Gasteiger partial charge in [-0.3, -0.25) is 9.59 Å². The molecule has 0 radical (unpaired) electrons. The van der Waals surface area contributed by atoms with Crippen LogP contribution in [0, 0.1) is 12.3 Å². The number of hydrogen-bond acceptors (Lipinski definition) is 7. The van der Waals surface area contributed by atoms with Crippen molar-refractivity contribution in [1.29, 1.82) is 0 Å². The summed E-state index contributed by atoms with van der Waals surface area (Å²) < 4.78 is 10.1. The van der Waals surface area contributed by atoms with Crippen LogP contribution in [0.2, 0.25) is 0 Å². The molecule has 0 bridgehead atoms. The lowest BCUT2D eigenvalue weighted by Gasteiger charge is -2.24. The van der Waals surface area contributed by atoms with Crippen LogP contribution in [-0.2, 0) is 0 Å². The molecule has 0 fully saturated rings. The van der Waals surface area contributed by atoms with Gasteiger partial charge in [0.15, 0.2) is 12.6 Å². The van der Waals surface area contributed by atoms with Gasteiger partial charge in [0.25, 0.3) is 0 Å². The minimum atomic E-state index is -0.667. The van der Waals surface area contributed by atoms with Crippen molar-refractivity contribution in [2.45, 2.75) is 20.3 Å². The predicted octanol–water partition coefficient (Wildman–Crippen LogP) is 0.997. The van der Waals surface area contributed by atoms with Crippen LogP contribution < -0.4 is 9.47 Å². The van der Waals surface area contributed by atoms with E-state index in [0.717, 1.165) is 0 Å². The monoisotopic (exact) mass is 342 g/mol. The number of aryl methyl sites for hydroxylation is 1. The molecule has 0 heterocycles. The minimum Gasteiger partial charge on any atom is -0.496 e. The highest BCUT2D eigenvalue weighted by Gasteiger charge is 2.24. The van der Waals surface area contributed by atoms with E-state index in [9.17, 15) is 9.59 Å². The van der Waals surface area contributed by atoms with E-state index in [1.165, 1.54) is 14.2 Å². The topological polar surface area (TPSA) is 113 Å². The standard InChI is InChI=1S/C11H12O4.C6H14O3/c1-7-4-10(14-2)9(6-13)11(15-3)8(7)5-12;1-2-6(3-7,4-8)5-9/h4-6H,1-3H3;7-9H,2-5H2,1H3. The quantitative estimate of drug-likeness (QED) is 0.604. The second-order valence-corrected chi connectivity index (χ2v) is 5.32. The van der Waals surface area contributed by atoms with Crippen LogP contribution >= 0.6 is 0 Å². The SMILES string of the molecule is CCC(CO)(CO)CO.COc1cc(C)c(C=O)c(OC)c1C=O. The van der Waals surface area contributed by atoms with Crippen LogP contribution in [0.1, 0.15) is 39.6 Å². The van der Waals surface area contributed by atoms with Crippen molar-refractivity contribution in [3.8, 4) is 11.5 Å². The fourth-order valence-electron chi connectivity index (χ4n) is 1.92. The first-order valence-electron chi connectivity index (χ1n) is 7.42. The summed E-state index contributed by atoms with van der Waals surface area (Å²) in [5, 5.41) is 26.0. The number of methoxy groups -OCH3 is 2. The molecule has 0 aromatic heterocycles. The highest BCUT2D eigenvalue weighted by molar-refractivity contribution is 5.92. The number of aldehydes is 2. The normalized spacial score (nSPS) is 10.5. The molecule has 0 aliphatic carbocycles. The maximum atomic E-state index is 10.9. The van der Waals surface area contributed by atoms with Crippen LogP contribution in [0.4, 0.5) is 0 Å². The summed E-state index contributed by atoms with van der Waals surface area (Å²) in [5.41, 5.74) is 0.678. The summed E-state index contributed by atoms with van der Waals surface area (Å²) in [7, 11) is 2.87. The molecular formula is C17H26O7. The third kappa shape index (κ3) is 5.02. The van der Waals surface area contributed by atoms with Gasteiger partial charge in [0, 0.05) is 5.41 Å². The Bertz CT molecular complexity index is 519. The maximum absolute atomic E-state index is 10.9. The predicted molar refractivity (Wildman–Crippen MR) is 89.0 cm³/mol. The van der Waals surface area contributed by atoms with Gasteiger partial charge in [0.2, 0.25) is 0 Å². The molecule has 1 aromatic carbocycles. The maximum Gasteiger partial charge on any atom is 0.157 e. The van der Waals surface area contributed by atoms with Crippen molar-refractivity contribution in [1.82, 2.24) is 0 Å². The molecule has 1 rings (SSSR count). The second kappa shape index (κ2) is 10.7. The number of benzene rings is 1. The van der Waals surface area contributed by atoms with Crippen LogP contribution in [0.5, 0.6) is 11.5 Å². The van der Waals surface area contributed by atoms with E-state index in [0.29, 0.717) is 35.9 Å². The van der Waals surface area contributed by atoms with E-state index < -0.39 is 5.41 Å².